The summed E-state index contributed by atoms with van der Waals surface area (Å²) in [6.07, 6.45) is 0.410. The summed E-state index contributed by atoms with van der Waals surface area (Å²) in [5.74, 6) is 0. The van der Waals surface area contributed by atoms with Crippen molar-refractivity contribution in [3.05, 3.63) is 29.3 Å². The number of hydrogen-bond donors (Lipinski definition) is 0. The smallest absolute Gasteiger partial charge is 0.277 e. The minimum Gasteiger partial charge on any atom is -0.277 e. The predicted molar refractivity (Wildman–Crippen MR) is 63.1 cm³/mol. The van der Waals surface area contributed by atoms with Crippen LogP contribution in [0.5, 0.6) is 0 Å². The maximum Gasteiger partial charge on any atom is 0.324 e. The third kappa shape index (κ3) is 4.47. The molecule has 0 spiro atoms. The first-order valence-corrected chi connectivity index (χ1v) is 5.59. The van der Waals surface area contributed by atoms with Crippen molar-refractivity contribution >= 4 is 58.8 Å². The first-order chi connectivity index (χ1) is 6.92. The Kier molecular flexibility index (Phi) is 4.52. The molecule has 0 bridgehead atoms. The lowest BCUT2D eigenvalue weighted by Gasteiger charge is -2.19. The molecule has 0 saturated heterocycles. The Morgan fingerprint density at radius 3 is 2.27 bits per heavy atom. The molecule has 1 amide bonds. The molecule has 0 aliphatic rings. The number of carbonyl (C=O) groups excluding carboxylic acids is 1. The van der Waals surface area contributed by atoms with Crippen molar-refractivity contribution in [3.63, 3.8) is 0 Å². The summed E-state index contributed by atoms with van der Waals surface area (Å²) in [4.78, 5) is 10.7. The molecule has 0 atom stereocenters. The molecule has 15 heavy (non-hydrogen) atoms. The van der Waals surface area contributed by atoms with Gasteiger partial charge in [-0.15, -0.1) is 0 Å². The molecular formula is C8H5Cl3FNOS. The fraction of sp³-hybridized carbons (Fsp3) is 0.125. The number of carbonyl (C=O) groups is 1. The fourth-order valence-corrected chi connectivity index (χ4v) is 1.90. The van der Waals surface area contributed by atoms with Crippen LogP contribution < -0.4 is 4.31 Å². The van der Waals surface area contributed by atoms with Gasteiger partial charge in [0.05, 0.1) is 5.69 Å². The second kappa shape index (κ2) is 5.25. The normalized spacial score (nSPS) is 11.2. The largest absolute Gasteiger partial charge is 0.324 e. The predicted octanol–water partition coefficient (Wildman–Crippen LogP) is 4.01. The Hall–Kier alpha value is -0.160. The molecule has 0 fully saturated rings. The summed E-state index contributed by atoms with van der Waals surface area (Å²) in [5, 5.41) is 0.512. The van der Waals surface area contributed by atoms with Crippen molar-refractivity contribution in [3.8, 4) is 0 Å². The fourth-order valence-electron chi connectivity index (χ4n) is 0.835. The lowest BCUT2D eigenvalue weighted by molar-refractivity contribution is -0.106. The van der Waals surface area contributed by atoms with Gasteiger partial charge in [-0.25, -0.2) is 0 Å². The maximum absolute atomic E-state index is 12.9. The van der Waals surface area contributed by atoms with Crippen LogP contribution in [0, 0.1) is 0 Å². The van der Waals surface area contributed by atoms with Crippen molar-refractivity contribution in [2.24, 2.45) is 0 Å². The molecule has 0 aliphatic heterocycles. The van der Waals surface area contributed by atoms with Gasteiger partial charge in [-0.1, -0.05) is 34.8 Å². The Bertz CT molecular complexity index is 341. The van der Waals surface area contributed by atoms with Crippen LogP contribution in [0.4, 0.5) is 10.1 Å². The number of halogens is 4. The molecule has 1 aromatic carbocycles. The van der Waals surface area contributed by atoms with E-state index in [0.717, 1.165) is 4.31 Å². The van der Waals surface area contributed by atoms with E-state index in [-0.39, 0.29) is 0 Å². The van der Waals surface area contributed by atoms with Crippen LogP contribution in [0.3, 0.4) is 0 Å². The second-order valence-corrected chi connectivity index (χ2v) is 5.70. The molecule has 0 radical (unpaired) electrons. The van der Waals surface area contributed by atoms with Gasteiger partial charge in [-0.3, -0.25) is 9.10 Å². The highest BCUT2D eigenvalue weighted by Crippen LogP contribution is 2.39. The Balaban J connectivity index is 2.83. The zero-order valence-corrected chi connectivity index (χ0v) is 10.2. The third-order valence-electron chi connectivity index (χ3n) is 1.38. The quantitative estimate of drug-likeness (QED) is 0.474. The molecule has 0 aromatic heterocycles. The van der Waals surface area contributed by atoms with Gasteiger partial charge < -0.3 is 0 Å². The summed E-state index contributed by atoms with van der Waals surface area (Å²) in [7, 11) is 0. The van der Waals surface area contributed by atoms with Gasteiger partial charge in [-0.05, 0) is 24.3 Å². The number of nitrogens with zero attached hydrogens (tertiary/aromatic N) is 1. The van der Waals surface area contributed by atoms with Crippen LogP contribution in [0.25, 0.3) is 0 Å². The van der Waals surface area contributed by atoms with Gasteiger partial charge in [0, 0.05) is 17.0 Å². The first kappa shape index (κ1) is 12.9. The first-order valence-electron chi connectivity index (χ1n) is 3.68. The van der Waals surface area contributed by atoms with Gasteiger partial charge in [0.1, 0.15) is 0 Å². The average molecular weight is 289 g/mol. The van der Waals surface area contributed by atoms with Crippen molar-refractivity contribution in [2.45, 2.75) is 3.92 Å². The molecule has 0 heterocycles. The van der Waals surface area contributed by atoms with Gasteiger partial charge in [-0.2, -0.15) is 4.39 Å². The van der Waals surface area contributed by atoms with Gasteiger partial charge in [0.25, 0.3) is 0 Å². The number of amides is 1. The molecule has 0 unspecified atom stereocenters. The molecular weight excluding hydrogens is 284 g/mol. The van der Waals surface area contributed by atoms with Crippen LogP contribution in [0.15, 0.2) is 24.3 Å². The number of benzene rings is 1. The van der Waals surface area contributed by atoms with Crippen LogP contribution in [-0.2, 0) is 4.79 Å². The van der Waals surface area contributed by atoms with Crippen LogP contribution in [-0.4, -0.2) is 10.3 Å². The monoisotopic (exact) mass is 287 g/mol. The molecule has 1 rings (SSSR count). The topological polar surface area (TPSA) is 20.3 Å². The van der Waals surface area contributed by atoms with Crippen LogP contribution in [0.2, 0.25) is 5.02 Å². The van der Waals surface area contributed by atoms with E-state index >= 15 is 0 Å². The SMILES string of the molecule is O=CN(SC(F)(Cl)Cl)c1ccc(Cl)cc1. The standard InChI is InChI=1S/C8H5Cl3FNOS/c9-6-1-3-7(4-2-6)13(5-14)15-8(10,11)12/h1-5H. The number of anilines is 1. The Morgan fingerprint density at radius 1 is 1.33 bits per heavy atom. The second-order valence-electron chi connectivity index (χ2n) is 2.44. The number of rotatable bonds is 4. The average Bonchev–Trinajstić information content (AvgIpc) is 2.14. The Labute approximate surface area is 105 Å². The highest BCUT2D eigenvalue weighted by molar-refractivity contribution is 8.04. The summed E-state index contributed by atoms with van der Waals surface area (Å²) in [6.45, 7) is 0. The van der Waals surface area contributed by atoms with Crippen LogP contribution in [0.1, 0.15) is 0 Å². The zero-order valence-electron chi connectivity index (χ0n) is 7.16. The zero-order chi connectivity index (χ0) is 11.5. The molecule has 0 N–H and O–H groups in total. The number of hydrogen-bond acceptors (Lipinski definition) is 2. The molecule has 1 aromatic rings. The van der Waals surface area contributed by atoms with Crippen molar-refractivity contribution in [2.75, 3.05) is 4.31 Å². The molecule has 0 aliphatic carbocycles. The van der Waals surface area contributed by atoms with Crippen molar-refractivity contribution in [1.29, 1.82) is 0 Å². The van der Waals surface area contributed by atoms with Gasteiger partial charge in [0.15, 0.2) is 0 Å². The van der Waals surface area contributed by atoms with Crippen molar-refractivity contribution in [1.82, 2.24) is 0 Å². The maximum atomic E-state index is 12.9. The van der Waals surface area contributed by atoms with E-state index in [1.165, 1.54) is 0 Å². The van der Waals surface area contributed by atoms with Crippen molar-refractivity contribution < 1.29 is 9.18 Å². The summed E-state index contributed by atoms with van der Waals surface area (Å²) >= 11 is 16.2. The lowest BCUT2D eigenvalue weighted by atomic mass is 10.3. The summed E-state index contributed by atoms with van der Waals surface area (Å²) in [5.41, 5.74) is 0.433. The molecule has 2 nitrogen and oxygen atoms in total. The minimum absolute atomic E-state index is 0.347. The third-order valence-corrected chi connectivity index (χ3v) is 2.75. The highest BCUT2D eigenvalue weighted by Gasteiger charge is 2.27. The van der Waals surface area contributed by atoms with Gasteiger partial charge in [0.2, 0.25) is 6.41 Å². The molecule has 7 heteroatoms. The van der Waals surface area contributed by atoms with E-state index in [1.54, 1.807) is 24.3 Å². The van der Waals surface area contributed by atoms with E-state index in [4.69, 9.17) is 34.8 Å². The van der Waals surface area contributed by atoms with E-state index in [1.807, 2.05) is 0 Å². The number of alkyl halides is 3. The Morgan fingerprint density at radius 2 is 1.87 bits per heavy atom. The molecule has 82 valence electrons. The van der Waals surface area contributed by atoms with Crippen LogP contribution >= 0.6 is 46.8 Å². The highest BCUT2D eigenvalue weighted by atomic mass is 35.5. The summed E-state index contributed by atoms with van der Waals surface area (Å²) in [6, 6.07) is 6.22. The van der Waals surface area contributed by atoms with Gasteiger partial charge >= 0.3 is 3.92 Å². The van der Waals surface area contributed by atoms with E-state index in [2.05, 4.69) is 0 Å². The van der Waals surface area contributed by atoms with E-state index in [9.17, 15) is 9.18 Å². The van der Waals surface area contributed by atoms with E-state index < -0.39 is 3.92 Å². The minimum atomic E-state index is -2.56. The lowest BCUT2D eigenvalue weighted by Crippen LogP contribution is -2.17. The molecule has 0 saturated carbocycles. The summed E-state index contributed by atoms with van der Waals surface area (Å²) < 4.78 is 11.3. The van der Waals surface area contributed by atoms with E-state index in [0.29, 0.717) is 29.1 Å².